The number of hydrogen-bond donors (Lipinski definition) is 3. The van der Waals surface area contributed by atoms with Crippen molar-refractivity contribution >= 4 is 11.8 Å². The van der Waals surface area contributed by atoms with E-state index in [4.69, 9.17) is 0 Å². The Labute approximate surface area is 139 Å². The van der Waals surface area contributed by atoms with E-state index >= 15 is 0 Å². The van der Waals surface area contributed by atoms with Crippen LogP contribution in [-0.2, 0) is 9.59 Å². The van der Waals surface area contributed by atoms with Gasteiger partial charge in [-0.15, -0.1) is 0 Å². The van der Waals surface area contributed by atoms with E-state index in [1.54, 1.807) is 6.92 Å². The molecule has 5 nitrogen and oxygen atoms in total. The molecule has 1 aromatic rings. The molecule has 0 aliphatic heterocycles. The molecule has 0 aromatic heterocycles. The summed E-state index contributed by atoms with van der Waals surface area (Å²) in [7, 11) is 0. The largest absolute Gasteiger partial charge is 0.394 e. The Morgan fingerprint density at radius 3 is 2.54 bits per heavy atom. The second-order valence-corrected chi connectivity index (χ2v) is 6.52. The van der Waals surface area contributed by atoms with Crippen LogP contribution in [-0.4, -0.2) is 29.1 Å². The number of halogens is 2. The Hall–Kier alpha value is -2.02. The first-order chi connectivity index (χ1) is 11.2. The van der Waals surface area contributed by atoms with Crippen LogP contribution >= 0.6 is 0 Å². The minimum atomic E-state index is -0.912. The molecular weight excluding hydrogens is 318 g/mol. The SMILES string of the molecule is CC(=O)NC(CC(=O)NC(C)(CO)C1CC1)c1ccc(F)cc1F. The molecule has 1 aliphatic rings. The fourth-order valence-electron chi connectivity index (χ4n) is 2.81. The molecule has 1 aliphatic carbocycles. The highest BCUT2D eigenvalue weighted by Crippen LogP contribution is 2.39. The Kier molecular flexibility index (Phi) is 5.54. The fourth-order valence-corrected chi connectivity index (χ4v) is 2.81. The third-order valence-corrected chi connectivity index (χ3v) is 4.34. The average Bonchev–Trinajstić information content (AvgIpc) is 3.30. The summed E-state index contributed by atoms with van der Waals surface area (Å²) in [6, 6.07) is 2.09. The van der Waals surface area contributed by atoms with Crippen LogP contribution in [0.3, 0.4) is 0 Å². The van der Waals surface area contributed by atoms with Crippen molar-refractivity contribution in [2.45, 2.75) is 44.7 Å². The zero-order chi connectivity index (χ0) is 17.9. The lowest BCUT2D eigenvalue weighted by Gasteiger charge is -2.30. The van der Waals surface area contributed by atoms with E-state index in [1.165, 1.54) is 13.0 Å². The van der Waals surface area contributed by atoms with Crippen LogP contribution in [0, 0.1) is 17.6 Å². The molecule has 3 N–H and O–H groups in total. The van der Waals surface area contributed by atoms with Crippen molar-refractivity contribution in [2.75, 3.05) is 6.61 Å². The predicted octanol–water partition coefficient (Wildman–Crippen LogP) is 1.81. The van der Waals surface area contributed by atoms with Gasteiger partial charge in [-0.2, -0.15) is 0 Å². The Balaban J connectivity index is 2.13. The zero-order valence-electron chi connectivity index (χ0n) is 13.7. The van der Waals surface area contributed by atoms with Crippen LogP contribution in [0.5, 0.6) is 0 Å². The van der Waals surface area contributed by atoms with Gasteiger partial charge < -0.3 is 15.7 Å². The van der Waals surface area contributed by atoms with Gasteiger partial charge in [0, 0.05) is 18.6 Å². The zero-order valence-corrected chi connectivity index (χ0v) is 13.7. The van der Waals surface area contributed by atoms with Crippen molar-refractivity contribution in [3.05, 3.63) is 35.4 Å². The Morgan fingerprint density at radius 2 is 2.04 bits per heavy atom. The molecule has 1 fully saturated rings. The van der Waals surface area contributed by atoms with Crippen molar-refractivity contribution in [3.8, 4) is 0 Å². The quantitative estimate of drug-likeness (QED) is 0.708. The highest BCUT2D eigenvalue weighted by molar-refractivity contribution is 5.79. The molecule has 0 bridgehead atoms. The lowest BCUT2D eigenvalue weighted by Crippen LogP contribution is -2.51. The van der Waals surface area contributed by atoms with Gasteiger partial charge in [-0.1, -0.05) is 6.07 Å². The third-order valence-electron chi connectivity index (χ3n) is 4.34. The molecule has 24 heavy (non-hydrogen) atoms. The number of nitrogens with one attached hydrogen (secondary N) is 2. The number of aliphatic hydroxyl groups is 1. The smallest absolute Gasteiger partial charge is 0.222 e. The number of benzene rings is 1. The maximum atomic E-state index is 14.0. The van der Waals surface area contributed by atoms with E-state index < -0.39 is 35.0 Å². The Morgan fingerprint density at radius 1 is 1.38 bits per heavy atom. The maximum Gasteiger partial charge on any atom is 0.222 e. The molecule has 2 rings (SSSR count). The minimum Gasteiger partial charge on any atom is -0.394 e. The molecule has 1 aromatic carbocycles. The van der Waals surface area contributed by atoms with Crippen molar-refractivity contribution < 1.29 is 23.5 Å². The van der Waals surface area contributed by atoms with E-state index in [-0.39, 0.29) is 24.5 Å². The second-order valence-electron chi connectivity index (χ2n) is 6.52. The summed E-state index contributed by atoms with van der Waals surface area (Å²) in [5.41, 5.74) is -0.682. The van der Waals surface area contributed by atoms with Gasteiger partial charge in [0.25, 0.3) is 0 Å². The van der Waals surface area contributed by atoms with Crippen LogP contribution in [0.1, 0.15) is 44.7 Å². The molecular formula is C17H22F2N2O3. The lowest BCUT2D eigenvalue weighted by atomic mass is 9.95. The summed E-state index contributed by atoms with van der Waals surface area (Å²) in [5, 5.41) is 14.8. The minimum absolute atomic E-state index is 0.0406. The van der Waals surface area contributed by atoms with Crippen molar-refractivity contribution in [2.24, 2.45) is 5.92 Å². The number of rotatable bonds is 7. The third kappa shape index (κ3) is 4.50. The topological polar surface area (TPSA) is 78.4 Å². The van der Waals surface area contributed by atoms with Crippen molar-refractivity contribution in [1.82, 2.24) is 10.6 Å². The van der Waals surface area contributed by atoms with Gasteiger partial charge in [0.15, 0.2) is 0 Å². The van der Waals surface area contributed by atoms with E-state index in [2.05, 4.69) is 10.6 Å². The predicted molar refractivity (Wildman–Crippen MR) is 83.9 cm³/mol. The van der Waals surface area contributed by atoms with Gasteiger partial charge in [-0.25, -0.2) is 8.78 Å². The fraction of sp³-hybridized carbons (Fsp3) is 0.529. The van der Waals surface area contributed by atoms with Gasteiger partial charge in [0.05, 0.1) is 24.6 Å². The van der Waals surface area contributed by atoms with Gasteiger partial charge in [0.2, 0.25) is 11.8 Å². The molecule has 0 heterocycles. The lowest BCUT2D eigenvalue weighted by molar-refractivity contribution is -0.125. The summed E-state index contributed by atoms with van der Waals surface area (Å²) in [6.45, 7) is 2.82. The highest BCUT2D eigenvalue weighted by atomic mass is 19.1. The van der Waals surface area contributed by atoms with E-state index in [0.717, 1.165) is 18.9 Å². The highest BCUT2D eigenvalue weighted by Gasteiger charge is 2.42. The van der Waals surface area contributed by atoms with Crippen molar-refractivity contribution in [1.29, 1.82) is 0 Å². The first-order valence-corrected chi connectivity index (χ1v) is 7.89. The van der Waals surface area contributed by atoms with Gasteiger partial charge >= 0.3 is 0 Å². The summed E-state index contributed by atoms with van der Waals surface area (Å²) in [6.07, 6.45) is 1.66. The Bertz CT molecular complexity index is 634. The summed E-state index contributed by atoms with van der Waals surface area (Å²) >= 11 is 0. The molecule has 0 saturated heterocycles. The first-order valence-electron chi connectivity index (χ1n) is 7.89. The number of hydrogen-bond acceptors (Lipinski definition) is 3. The van der Waals surface area contributed by atoms with E-state index in [0.29, 0.717) is 6.07 Å². The van der Waals surface area contributed by atoms with Gasteiger partial charge in [-0.05, 0) is 31.7 Å². The van der Waals surface area contributed by atoms with E-state index in [9.17, 15) is 23.5 Å². The van der Waals surface area contributed by atoms with Crippen molar-refractivity contribution in [3.63, 3.8) is 0 Å². The number of aliphatic hydroxyl groups excluding tert-OH is 1. The molecule has 0 spiro atoms. The molecule has 2 amide bonds. The molecule has 0 radical (unpaired) electrons. The van der Waals surface area contributed by atoms with Crippen LogP contribution in [0.4, 0.5) is 8.78 Å². The normalized spacial score (nSPS) is 17.7. The molecule has 2 unspecified atom stereocenters. The number of carbonyl (C=O) groups excluding carboxylic acids is 2. The van der Waals surface area contributed by atoms with Gasteiger partial charge in [0.1, 0.15) is 11.6 Å². The summed E-state index contributed by atoms with van der Waals surface area (Å²) in [5.74, 6) is -2.18. The van der Waals surface area contributed by atoms with Crippen LogP contribution in [0.25, 0.3) is 0 Å². The number of amides is 2. The molecule has 1 saturated carbocycles. The van der Waals surface area contributed by atoms with Crippen LogP contribution in [0.15, 0.2) is 18.2 Å². The first kappa shape index (κ1) is 18.3. The molecule has 132 valence electrons. The monoisotopic (exact) mass is 340 g/mol. The standard InChI is InChI=1S/C17H22F2N2O3/c1-10(23)20-15(13-6-5-12(18)7-14(13)19)8-16(24)21-17(2,9-22)11-3-4-11/h5-7,11,15,22H,3-4,8-9H2,1-2H3,(H,20,23)(H,21,24). The average molecular weight is 340 g/mol. The summed E-state index contributed by atoms with van der Waals surface area (Å²) in [4.78, 5) is 23.7. The van der Waals surface area contributed by atoms with Crippen LogP contribution < -0.4 is 10.6 Å². The summed E-state index contributed by atoms with van der Waals surface area (Å²) < 4.78 is 27.0. The number of carbonyl (C=O) groups is 2. The molecule has 7 heteroatoms. The maximum absolute atomic E-state index is 14.0. The van der Waals surface area contributed by atoms with Crippen LogP contribution in [0.2, 0.25) is 0 Å². The second kappa shape index (κ2) is 7.25. The van der Waals surface area contributed by atoms with Gasteiger partial charge in [-0.3, -0.25) is 9.59 Å². The molecule has 2 atom stereocenters. The van der Waals surface area contributed by atoms with E-state index in [1.807, 2.05) is 0 Å².